The molecule has 0 aliphatic heterocycles. The fourth-order valence-electron chi connectivity index (χ4n) is 3.47. The molecular weight excluding hydrogens is 252 g/mol. The minimum atomic E-state index is -0.372. The van der Waals surface area contributed by atoms with Gasteiger partial charge in [-0.2, -0.15) is 0 Å². The third-order valence-electron chi connectivity index (χ3n) is 4.56. The normalized spacial score (nSPS) is 19.5. The molecule has 1 fully saturated rings. The molecule has 1 N–H and O–H groups in total. The maximum Gasteiger partial charge on any atom is 0.0897 e. The topological polar surface area (TPSA) is 20.2 Å². The van der Waals surface area contributed by atoms with Crippen LogP contribution >= 0.6 is 11.3 Å². The number of thiophene rings is 1. The SMILES string of the molecule is Cc1sccc1C(O)C1(c2ccccc2)CCCC1. The molecule has 3 rings (SSSR count). The predicted octanol–water partition coefficient (Wildman–Crippen LogP) is 4.60. The molecular formula is C17H20OS. The number of aryl methyl sites for hydroxylation is 1. The Morgan fingerprint density at radius 3 is 2.37 bits per heavy atom. The first-order chi connectivity index (χ1) is 9.24. The Bertz CT molecular complexity index is 537. The molecule has 1 aromatic heterocycles. The van der Waals surface area contributed by atoms with E-state index in [4.69, 9.17) is 0 Å². The molecule has 100 valence electrons. The summed E-state index contributed by atoms with van der Waals surface area (Å²) in [5.74, 6) is 0. The van der Waals surface area contributed by atoms with Gasteiger partial charge in [-0.3, -0.25) is 0 Å². The van der Waals surface area contributed by atoms with Gasteiger partial charge < -0.3 is 5.11 Å². The number of hydrogen-bond donors (Lipinski definition) is 1. The largest absolute Gasteiger partial charge is 0.387 e. The summed E-state index contributed by atoms with van der Waals surface area (Å²) in [5.41, 5.74) is 2.34. The molecule has 1 aromatic carbocycles. The smallest absolute Gasteiger partial charge is 0.0897 e. The molecule has 0 bridgehead atoms. The van der Waals surface area contributed by atoms with Gasteiger partial charge in [0.25, 0.3) is 0 Å². The van der Waals surface area contributed by atoms with Crippen molar-refractivity contribution < 1.29 is 5.11 Å². The van der Waals surface area contributed by atoms with E-state index in [0.29, 0.717) is 0 Å². The van der Waals surface area contributed by atoms with Crippen LogP contribution < -0.4 is 0 Å². The Labute approximate surface area is 118 Å². The van der Waals surface area contributed by atoms with Gasteiger partial charge in [0.1, 0.15) is 0 Å². The Balaban J connectivity index is 2.04. The lowest BCUT2D eigenvalue weighted by Crippen LogP contribution is -2.30. The Hall–Kier alpha value is -1.12. The van der Waals surface area contributed by atoms with Gasteiger partial charge >= 0.3 is 0 Å². The van der Waals surface area contributed by atoms with Crippen LogP contribution in [0.3, 0.4) is 0 Å². The maximum absolute atomic E-state index is 11.0. The van der Waals surface area contributed by atoms with Crippen LogP contribution in [0.15, 0.2) is 41.8 Å². The number of aliphatic hydroxyl groups excluding tert-OH is 1. The summed E-state index contributed by atoms with van der Waals surface area (Å²) in [5, 5.41) is 13.1. The first-order valence-electron chi connectivity index (χ1n) is 7.02. The highest BCUT2D eigenvalue weighted by molar-refractivity contribution is 7.10. The molecule has 1 unspecified atom stereocenters. The van der Waals surface area contributed by atoms with Crippen molar-refractivity contribution in [1.29, 1.82) is 0 Å². The molecule has 1 aliphatic carbocycles. The second kappa shape index (κ2) is 5.10. The van der Waals surface area contributed by atoms with Crippen LogP contribution in [0.5, 0.6) is 0 Å². The molecule has 2 heteroatoms. The summed E-state index contributed by atoms with van der Waals surface area (Å²) in [6, 6.07) is 12.7. The van der Waals surface area contributed by atoms with E-state index in [1.807, 2.05) is 6.07 Å². The highest BCUT2D eigenvalue weighted by atomic mass is 32.1. The van der Waals surface area contributed by atoms with E-state index < -0.39 is 0 Å². The van der Waals surface area contributed by atoms with E-state index in [0.717, 1.165) is 18.4 Å². The predicted molar refractivity (Wildman–Crippen MR) is 80.6 cm³/mol. The van der Waals surface area contributed by atoms with E-state index >= 15 is 0 Å². The van der Waals surface area contributed by atoms with Crippen LogP contribution in [0.2, 0.25) is 0 Å². The standard InChI is InChI=1S/C17H20OS/c1-13-15(9-12-19-13)16(18)17(10-5-6-11-17)14-7-3-2-4-8-14/h2-4,7-9,12,16,18H,5-6,10-11H2,1H3. The van der Waals surface area contributed by atoms with Crippen molar-refractivity contribution in [1.82, 2.24) is 0 Å². The van der Waals surface area contributed by atoms with E-state index in [2.05, 4.69) is 42.6 Å². The van der Waals surface area contributed by atoms with E-state index in [1.54, 1.807) is 11.3 Å². The van der Waals surface area contributed by atoms with Crippen LogP contribution in [0, 0.1) is 6.92 Å². The van der Waals surface area contributed by atoms with Crippen molar-refractivity contribution in [2.75, 3.05) is 0 Å². The van der Waals surface area contributed by atoms with E-state index in [-0.39, 0.29) is 11.5 Å². The van der Waals surface area contributed by atoms with E-state index in [1.165, 1.54) is 23.3 Å². The quantitative estimate of drug-likeness (QED) is 0.865. The van der Waals surface area contributed by atoms with Crippen LogP contribution in [0.1, 0.15) is 47.8 Å². The summed E-state index contributed by atoms with van der Waals surface area (Å²) in [6.45, 7) is 2.11. The fraction of sp³-hybridized carbons (Fsp3) is 0.412. The van der Waals surface area contributed by atoms with Gasteiger partial charge in [-0.05, 0) is 42.3 Å². The zero-order chi connectivity index (χ0) is 13.3. The van der Waals surface area contributed by atoms with Crippen molar-refractivity contribution in [3.05, 3.63) is 57.8 Å². The average molecular weight is 272 g/mol. The van der Waals surface area contributed by atoms with Gasteiger partial charge in [0.2, 0.25) is 0 Å². The zero-order valence-corrected chi connectivity index (χ0v) is 12.1. The van der Waals surface area contributed by atoms with Crippen LogP contribution in [0.25, 0.3) is 0 Å². The molecule has 2 aromatic rings. The summed E-state index contributed by atoms with van der Waals surface area (Å²) in [7, 11) is 0. The number of rotatable bonds is 3. The number of benzene rings is 1. The van der Waals surface area contributed by atoms with Gasteiger partial charge in [-0.15, -0.1) is 11.3 Å². The van der Waals surface area contributed by atoms with Crippen LogP contribution in [-0.4, -0.2) is 5.11 Å². The lowest BCUT2D eigenvalue weighted by atomic mass is 9.72. The highest BCUT2D eigenvalue weighted by Crippen LogP contribution is 2.50. The number of aliphatic hydroxyl groups is 1. The molecule has 1 heterocycles. The third kappa shape index (κ3) is 2.13. The fourth-order valence-corrected chi connectivity index (χ4v) is 4.21. The first-order valence-corrected chi connectivity index (χ1v) is 7.89. The molecule has 1 saturated carbocycles. The summed E-state index contributed by atoms with van der Waals surface area (Å²) < 4.78 is 0. The van der Waals surface area contributed by atoms with Crippen molar-refractivity contribution in [3.63, 3.8) is 0 Å². The van der Waals surface area contributed by atoms with Gasteiger partial charge in [-0.25, -0.2) is 0 Å². The van der Waals surface area contributed by atoms with Crippen molar-refractivity contribution in [2.24, 2.45) is 0 Å². The number of hydrogen-bond acceptors (Lipinski definition) is 2. The Kier molecular flexibility index (Phi) is 3.46. The molecule has 19 heavy (non-hydrogen) atoms. The first kappa shape index (κ1) is 12.9. The molecule has 0 saturated heterocycles. The molecule has 1 nitrogen and oxygen atoms in total. The van der Waals surface area contributed by atoms with Crippen molar-refractivity contribution >= 4 is 11.3 Å². The zero-order valence-electron chi connectivity index (χ0n) is 11.3. The van der Waals surface area contributed by atoms with Crippen molar-refractivity contribution in [3.8, 4) is 0 Å². The second-order valence-corrected chi connectivity index (χ2v) is 6.68. The Morgan fingerprint density at radius 2 is 1.79 bits per heavy atom. The maximum atomic E-state index is 11.0. The van der Waals surface area contributed by atoms with Crippen molar-refractivity contribution in [2.45, 2.75) is 44.1 Å². The monoisotopic (exact) mass is 272 g/mol. The molecule has 0 spiro atoms. The molecule has 0 radical (unpaired) electrons. The summed E-state index contributed by atoms with van der Waals surface area (Å²) >= 11 is 1.73. The summed E-state index contributed by atoms with van der Waals surface area (Å²) in [6.07, 6.45) is 4.24. The lowest BCUT2D eigenvalue weighted by Gasteiger charge is -2.35. The minimum Gasteiger partial charge on any atom is -0.387 e. The van der Waals surface area contributed by atoms with E-state index in [9.17, 15) is 5.11 Å². The Morgan fingerprint density at radius 1 is 1.11 bits per heavy atom. The summed E-state index contributed by atoms with van der Waals surface area (Å²) in [4.78, 5) is 1.25. The van der Waals surface area contributed by atoms with Crippen LogP contribution in [0.4, 0.5) is 0 Å². The van der Waals surface area contributed by atoms with Gasteiger partial charge in [0.15, 0.2) is 0 Å². The second-order valence-electron chi connectivity index (χ2n) is 5.56. The van der Waals surface area contributed by atoms with Gasteiger partial charge in [0.05, 0.1) is 6.10 Å². The minimum absolute atomic E-state index is 0.0763. The lowest BCUT2D eigenvalue weighted by molar-refractivity contribution is 0.0821. The highest BCUT2D eigenvalue weighted by Gasteiger charge is 2.43. The van der Waals surface area contributed by atoms with Crippen LogP contribution in [-0.2, 0) is 5.41 Å². The molecule has 1 atom stereocenters. The molecule has 0 amide bonds. The average Bonchev–Trinajstić information content (AvgIpc) is 3.08. The van der Waals surface area contributed by atoms with Gasteiger partial charge in [-0.1, -0.05) is 43.2 Å². The molecule has 1 aliphatic rings. The van der Waals surface area contributed by atoms with Gasteiger partial charge in [0, 0.05) is 10.3 Å². The third-order valence-corrected chi connectivity index (χ3v) is 5.42.